The molecule has 0 aromatic heterocycles. The van der Waals surface area contributed by atoms with Crippen LogP contribution in [0.25, 0.3) is 0 Å². The van der Waals surface area contributed by atoms with Crippen LogP contribution in [-0.4, -0.2) is 23.3 Å². The van der Waals surface area contributed by atoms with Gasteiger partial charge in [0.1, 0.15) is 0 Å². The summed E-state index contributed by atoms with van der Waals surface area (Å²) in [6.07, 6.45) is 21.1. The van der Waals surface area contributed by atoms with Gasteiger partial charge >= 0.3 is 5.97 Å². The first-order chi connectivity index (χ1) is 16.5. The third-order valence-corrected chi connectivity index (χ3v) is 10.1. The van der Waals surface area contributed by atoms with Gasteiger partial charge in [-0.15, -0.1) is 0 Å². The van der Waals surface area contributed by atoms with Gasteiger partial charge in [0.15, 0.2) is 0 Å². The Kier molecular flexibility index (Phi) is 12.6. The van der Waals surface area contributed by atoms with Crippen molar-refractivity contribution in [1.82, 2.24) is 0 Å². The van der Waals surface area contributed by atoms with Crippen LogP contribution in [0.4, 0.5) is 0 Å². The molecule has 2 aliphatic carbocycles. The molecule has 0 aromatic rings. The standard InChI is InChI=1S/C32H60O3/c1-7-8-9-10-11-12-13-14-15-17-29(33)35-25-21-26(2)18-19-28-31(5)23-16-22-30(3,4)27(31)20-24-32(28,6)34/h26-28,34H,7-25H2,1-6H3/t26-,27-,28+,31-,32+/m0/s1. The average Bonchev–Trinajstić information content (AvgIpc) is 2.76. The van der Waals surface area contributed by atoms with Gasteiger partial charge in [0, 0.05) is 6.42 Å². The molecule has 0 spiro atoms. The molecule has 2 aliphatic rings. The van der Waals surface area contributed by atoms with E-state index in [0.29, 0.717) is 36.2 Å². The average molecular weight is 493 g/mol. The van der Waals surface area contributed by atoms with E-state index in [9.17, 15) is 9.90 Å². The number of esters is 1. The lowest BCUT2D eigenvalue weighted by molar-refractivity contribution is -0.170. The molecule has 2 saturated carbocycles. The number of fused-ring (bicyclic) bond motifs is 1. The van der Waals surface area contributed by atoms with E-state index in [1.54, 1.807) is 0 Å². The molecule has 0 amide bonds. The summed E-state index contributed by atoms with van der Waals surface area (Å²) in [5.74, 6) is 1.58. The van der Waals surface area contributed by atoms with Crippen LogP contribution in [0.3, 0.4) is 0 Å². The van der Waals surface area contributed by atoms with Gasteiger partial charge in [-0.3, -0.25) is 4.79 Å². The highest BCUT2D eigenvalue weighted by atomic mass is 16.5. The molecule has 35 heavy (non-hydrogen) atoms. The van der Waals surface area contributed by atoms with E-state index in [2.05, 4.69) is 41.5 Å². The molecular weight excluding hydrogens is 432 g/mol. The topological polar surface area (TPSA) is 46.5 Å². The molecule has 0 bridgehead atoms. The normalized spacial score (nSPS) is 31.1. The van der Waals surface area contributed by atoms with Gasteiger partial charge in [0.05, 0.1) is 12.2 Å². The SMILES string of the molecule is CCCCCCCCCCCC(=O)OCC[C@@H](C)CC[C@@H]1[C@@]2(C)CCCC(C)(C)[C@@H]2CC[C@@]1(C)O. The van der Waals surface area contributed by atoms with Crippen molar-refractivity contribution < 1.29 is 14.6 Å². The summed E-state index contributed by atoms with van der Waals surface area (Å²) in [5.41, 5.74) is 0.0712. The Morgan fingerprint density at radius 1 is 0.914 bits per heavy atom. The summed E-state index contributed by atoms with van der Waals surface area (Å²) in [4.78, 5) is 12.1. The van der Waals surface area contributed by atoms with Gasteiger partial charge in [-0.1, -0.05) is 98.8 Å². The van der Waals surface area contributed by atoms with Crippen molar-refractivity contribution in [3.8, 4) is 0 Å². The molecule has 0 heterocycles. The summed E-state index contributed by atoms with van der Waals surface area (Å²) >= 11 is 0. The molecule has 206 valence electrons. The quantitative estimate of drug-likeness (QED) is 0.172. The van der Waals surface area contributed by atoms with E-state index in [4.69, 9.17) is 4.74 Å². The number of hydrogen-bond acceptors (Lipinski definition) is 3. The maximum Gasteiger partial charge on any atom is 0.305 e. The van der Waals surface area contributed by atoms with Gasteiger partial charge < -0.3 is 9.84 Å². The smallest absolute Gasteiger partial charge is 0.305 e. The Bertz CT molecular complexity index is 610. The van der Waals surface area contributed by atoms with Gasteiger partial charge in [0.2, 0.25) is 0 Å². The Morgan fingerprint density at radius 2 is 1.54 bits per heavy atom. The number of hydrogen-bond donors (Lipinski definition) is 1. The Hall–Kier alpha value is -0.570. The van der Waals surface area contributed by atoms with Crippen molar-refractivity contribution in [1.29, 1.82) is 0 Å². The summed E-state index contributed by atoms with van der Waals surface area (Å²) in [6.45, 7) is 14.6. The summed E-state index contributed by atoms with van der Waals surface area (Å²) in [7, 11) is 0. The van der Waals surface area contributed by atoms with Crippen LogP contribution < -0.4 is 0 Å². The summed E-state index contributed by atoms with van der Waals surface area (Å²) in [5, 5.41) is 11.4. The number of carbonyl (C=O) groups is 1. The zero-order valence-electron chi connectivity index (χ0n) is 24.4. The number of unbranched alkanes of at least 4 members (excludes halogenated alkanes) is 8. The highest BCUT2D eigenvalue weighted by Crippen LogP contribution is 2.63. The van der Waals surface area contributed by atoms with Gasteiger partial charge in [0.25, 0.3) is 0 Å². The van der Waals surface area contributed by atoms with Crippen LogP contribution in [-0.2, 0) is 9.53 Å². The Morgan fingerprint density at radius 3 is 2.20 bits per heavy atom. The van der Waals surface area contributed by atoms with E-state index < -0.39 is 5.60 Å². The monoisotopic (exact) mass is 492 g/mol. The lowest BCUT2D eigenvalue weighted by Gasteiger charge is -2.61. The highest BCUT2D eigenvalue weighted by molar-refractivity contribution is 5.69. The molecule has 1 N–H and O–H groups in total. The van der Waals surface area contributed by atoms with E-state index in [1.807, 2.05) is 0 Å². The maximum absolute atomic E-state index is 12.1. The van der Waals surface area contributed by atoms with E-state index in [1.165, 1.54) is 64.2 Å². The third-order valence-electron chi connectivity index (χ3n) is 10.1. The molecule has 3 nitrogen and oxygen atoms in total. The molecule has 0 saturated heterocycles. The number of carbonyl (C=O) groups excluding carboxylic acids is 1. The molecular formula is C32H60O3. The fourth-order valence-corrected chi connectivity index (χ4v) is 7.89. The van der Waals surface area contributed by atoms with Crippen LogP contribution in [0.15, 0.2) is 0 Å². The second-order valence-electron chi connectivity index (χ2n) is 13.6. The molecule has 0 radical (unpaired) electrons. The predicted molar refractivity (Wildman–Crippen MR) is 148 cm³/mol. The van der Waals surface area contributed by atoms with Crippen molar-refractivity contribution in [2.24, 2.45) is 28.6 Å². The molecule has 2 rings (SSSR count). The Balaban J connectivity index is 1.64. The second-order valence-corrected chi connectivity index (χ2v) is 13.6. The zero-order chi connectivity index (χ0) is 26.0. The number of rotatable bonds is 16. The minimum absolute atomic E-state index is 0.0184. The van der Waals surface area contributed by atoms with Crippen molar-refractivity contribution in [3.05, 3.63) is 0 Å². The Labute approximate surface area is 218 Å². The van der Waals surface area contributed by atoms with Crippen LogP contribution in [0.2, 0.25) is 0 Å². The molecule has 0 unspecified atom stereocenters. The lowest BCUT2D eigenvalue weighted by Crippen LogP contribution is -2.57. The van der Waals surface area contributed by atoms with Crippen LogP contribution in [0, 0.1) is 28.6 Å². The van der Waals surface area contributed by atoms with Crippen molar-refractivity contribution in [3.63, 3.8) is 0 Å². The minimum atomic E-state index is -0.555. The predicted octanol–water partition coefficient (Wildman–Crippen LogP) is 9.25. The summed E-state index contributed by atoms with van der Waals surface area (Å²) < 4.78 is 5.56. The molecule has 2 fully saturated rings. The molecule has 5 atom stereocenters. The van der Waals surface area contributed by atoms with Crippen LogP contribution >= 0.6 is 0 Å². The maximum atomic E-state index is 12.1. The van der Waals surface area contributed by atoms with Crippen LogP contribution in [0.5, 0.6) is 0 Å². The van der Waals surface area contributed by atoms with Gasteiger partial charge in [-0.2, -0.15) is 0 Å². The number of aliphatic hydroxyl groups is 1. The first kappa shape index (κ1) is 30.7. The second kappa shape index (κ2) is 14.4. The van der Waals surface area contributed by atoms with E-state index in [0.717, 1.165) is 44.9 Å². The fraction of sp³-hybridized carbons (Fsp3) is 0.969. The lowest BCUT2D eigenvalue weighted by atomic mass is 9.45. The first-order valence-electron chi connectivity index (χ1n) is 15.4. The van der Waals surface area contributed by atoms with Gasteiger partial charge in [-0.25, -0.2) is 0 Å². The fourth-order valence-electron chi connectivity index (χ4n) is 7.89. The third kappa shape index (κ3) is 9.35. The summed E-state index contributed by atoms with van der Waals surface area (Å²) in [6, 6.07) is 0. The molecule has 0 aliphatic heterocycles. The molecule has 3 heteroatoms. The largest absolute Gasteiger partial charge is 0.466 e. The van der Waals surface area contributed by atoms with Gasteiger partial charge in [-0.05, 0) is 80.5 Å². The minimum Gasteiger partial charge on any atom is -0.466 e. The van der Waals surface area contributed by atoms with E-state index in [-0.39, 0.29) is 11.4 Å². The van der Waals surface area contributed by atoms with Crippen LogP contribution in [0.1, 0.15) is 157 Å². The van der Waals surface area contributed by atoms with Crippen molar-refractivity contribution in [2.75, 3.05) is 6.61 Å². The van der Waals surface area contributed by atoms with E-state index >= 15 is 0 Å². The van der Waals surface area contributed by atoms with Crippen molar-refractivity contribution in [2.45, 2.75) is 163 Å². The first-order valence-corrected chi connectivity index (χ1v) is 15.4. The molecule has 0 aromatic carbocycles. The zero-order valence-corrected chi connectivity index (χ0v) is 24.4. The number of ether oxygens (including phenoxy) is 1. The highest BCUT2D eigenvalue weighted by Gasteiger charge is 2.57. The van der Waals surface area contributed by atoms with Crippen molar-refractivity contribution >= 4 is 5.97 Å².